The van der Waals surface area contributed by atoms with Crippen molar-refractivity contribution in [2.45, 2.75) is 32.6 Å². The van der Waals surface area contributed by atoms with E-state index in [0.717, 1.165) is 25.2 Å². The second-order valence-corrected chi connectivity index (χ2v) is 5.02. The van der Waals surface area contributed by atoms with Gasteiger partial charge in [-0.1, -0.05) is 30.3 Å². The molecular weight excluding hydrogens is 240 g/mol. The van der Waals surface area contributed by atoms with Gasteiger partial charge in [-0.05, 0) is 19.4 Å². The predicted octanol–water partition coefficient (Wildman–Crippen LogP) is 1.41. The molecule has 0 saturated carbocycles. The van der Waals surface area contributed by atoms with Crippen LogP contribution in [0.25, 0.3) is 0 Å². The minimum Gasteiger partial charge on any atom is -0.364 e. The summed E-state index contributed by atoms with van der Waals surface area (Å²) in [6, 6.07) is 10.2. The van der Waals surface area contributed by atoms with Crippen molar-refractivity contribution >= 4 is 5.91 Å². The number of amides is 1. The van der Waals surface area contributed by atoms with Gasteiger partial charge in [0, 0.05) is 25.7 Å². The number of hydrogen-bond acceptors (Lipinski definition) is 3. The van der Waals surface area contributed by atoms with E-state index in [1.165, 1.54) is 0 Å². The van der Waals surface area contributed by atoms with E-state index in [1.807, 2.05) is 42.2 Å². The Kier molecular flexibility index (Phi) is 4.93. The molecular formula is C15H22N2O2. The highest BCUT2D eigenvalue weighted by molar-refractivity contribution is 5.81. The number of piperazine rings is 1. The topological polar surface area (TPSA) is 41.6 Å². The summed E-state index contributed by atoms with van der Waals surface area (Å²) in [5.41, 5.74) is 1.09. The van der Waals surface area contributed by atoms with Crippen molar-refractivity contribution in [3.63, 3.8) is 0 Å². The van der Waals surface area contributed by atoms with Crippen LogP contribution in [0, 0.1) is 0 Å². The summed E-state index contributed by atoms with van der Waals surface area (Å²) < 4.78 is 5.68. The summed E-state index contributed by atoms with van der Waals surface area (Å²) in [6.45, 7) is 6.86. The molecule has 1 unspecified atom stereocenters. The van der Waals surface area contributed by atoms with Crippen molar-refractivity contribution < 1.29 is 9.53 Å². The van der Waals surface area contributed by atoms with Crippen LogP contribution in [-0.4, -0.2) is 42.6 Å². The predicted molar refractivity (Wildman–Crippen MR) is 74.7 cm³/mol. The Hall–Kier alpha value is -1.39. The number of rotatable bonds is 4. The van der Waals surface area contributed by atoms with Gasteiger partial charge in [0.25, 0.3) is 5.91 Å². The summed E-state index contributed by atoms with van der Waals surface area (Å²) >= 11 is 0. The highest BCUT2D eigenvalue weighted by Gasteiger charge is 2.27. The molecule has 1 amide bonds. The lowest BCUT2D eigenvalue weighted by Crippen LogP contribution is -2.54. The summed E-state index contributed by atoms with van der Waals surface area (Å²) in [5, 5.41) is 3.28. The van der Waals surface area contributed by atoms with E-state index in [0.29, 0.717) is 6.61 Å². The van der Waals surface area contributed by atoms with E-state index < -0.39 is 0 Å². The van der Waals surface area contributed by atoms with Crippen molar-refractivity contribution in [3.8, 4) is 0 Å². The van der Waals surface area contributed by atoms with Gasteiger partial charge in [0.2, 0.25) is 0 Å². The second kappa shape index (κ2) is 6.68. The first kappa shape index (κ1) is 14.0. The third kappa shape index (κ3) is 3.78. The lowest BCUT2D eigenvalue weighted by atomic mass is 10.2. The zero-order chi connectivity index (χ0) is 13.7. The standard InChI is InChI=1S/C15H22N2O2/c1-12-10-16-8-9-17(12)15(18)13(2)19-11-14-6-4-3-5-7-14/h3-7,12-13,16H,8-11H2,1-2H3/t12-,13?/m1/s1. The van der Waals surface area contributed by atoms with Crippen LogP contribution in [0.3, 0.4) is 0 Å². The van der Waals surface area contributed by atoms with Crippen molar-refractivity contribution in [3.05, 3.63) is 35.9 Å². The van der Waals surface area contributed by atoms with E-state index in [1.54, 1.807) is 0 Å². The minimum atomic E-state index is -0.388. The molecule has 0 bridgehead atoms. The summed E-state index contributed by atoms with van der Waals surface area (Å²) in [6.07, 6.45) is -0.388. The summed E-state index contributed by atoms with van der Waals surface area (Å²) in [5.74, 6) is 0.0879. The van der Waals surface area contributed by atoms with Crippen LogP contribution in [0.1, 0.15) is 19.4 Å². The van der Waals surface area contributed by atoms with Gasteiger partial charge in [0.1, 0.15) is 6.10 Å². The van der Waals surface area contributed by atoms with Crippen LogP contribution in [-0.2, 0) is 16.1 Å². The smallest absolute Gasteiger partial charge is 0.251 e. The van der Waals surface area contributed by atoms with Gasteiger partial charge >= 0.3 is 0 Å². The molecule has 1 aliphatic heterocycles. The van der Waals surface area contributed by atoms with Crippen LogP contribution in [0.5, 0.6) is 0 Å². The van der Waals surface area contributed by atoms with Gasteiger partial charge in [-0.2, -0.15) is 0 Å². The maximum absolute atomic E-state index is 12.3. The van der Waals surface area contributed by atoms with E-state index >= 15 is 0 Å². The average molecular weight is 262 g/mol. The number of hydrogen-bond donors (Lipinski definition) is 1. The Morgan fingerprint density at radius 3 is 2.89 bits per heavy atom. The molecule has 1 aromatic carbocycles. The van der Waals surface area contributed by atoms with Gasteiger partial charge in [0.15, 0.2) is 0 Å². The molecule has 1 N–H and O–H groups in total. The summed E-state index contributed by atoms with van der Waals surface area (Å²) in [4.78, 5) is 14.2. The van der Waals surface area contributed by atoms with E-state index in [4.69, 9.17) is 4.74 Å². The zero-order valence-electron chi connectivity index (χ0n) is 11.6. The number of carbonyl (C=O) groups excluding carboxylic acids is 1. The number of ether oxygens (including phenoxy) is 1. The first-order valence-electron chi connectivity index (χ1n) is 6.85. The Morgan fingerprint density at radius 2 is 2.21 bits per heavy atom. The van der Waals surface area contributed by atoms with Gasteiger partial charge in [-0.15, -0.1) is 0 Å². The quantitative estimate of drug-likeness (QED) is 0.892. The molecule has 19 heavy (non-hydrogen) atoms. The van der Waals surface area contributed by atoms with E-state index in [-0.39, 0.29) is 18.1 Å². The molecule has 0 aromatic heterocycles. The third-order valence-electron chi connectivity index (χ3n) is 3.47. The Balaban J connectivity index is 1.85. The Bertz CT molecular complexity index is 408. The largest absolute Gasteiger partial charge is 0.364 e. The Labute approximate surface area is 114 Å². The highest BCUT2D eigenvalue weighted by Crippen LogP contribution is 2.09. The SMILES string of the molecule is CC(OCc1ccccc1)C(=O)N1CCNC[C@H]1C. The fourth-order valence-electron chi connectivity index (χ4n) is 2.27. The van der Waals surface area contributed by atoms with Crippen molar-refractivity contribution in [2.75, 3.05) is 19.6 Å². The molecule has 0 aliphatic carbocycles. The molecule has 0 radical (unpaired) electrons. The zero-order valence-corrected chi connectivity index (χ0v) is 11.6. The normalized spacial score (nSPS) is 21.2. The first-order chi connectivity index (χ1) is 9.18. The molecule has 4 heteroatoms. The Morgan fingerprint density at radius 1 is 1.47 bits per heavy atom. The average Bonchev–Trinajstić information content (AvgIpc) is 2.45. The molecule has 104 valence electrons. The highest BCUT2D eigenvalue weighted by atomic mass is 16.5. The van der Waals surface area contributed by atoms with Gasteiger partial charge < -0.3 is 15.0 Å². The van der Waals surface area contributed by atoms with Crippen LogP contribution < -0.4 is 5.32 Å². The number of benzene rings is 1. The molecule has 1 heterocycles. The molecule has 0 spiro atoms. The lowest BCUT2D eigenvalue weighted by Gasteiger charge is -2.35. The number of carbonyl (C=O) groups is 1. The molecule has 2 rings (SSSR count). The minimum absolute atomic E-state index is 0.0879. The molecule has 1 saturated heterocycles. The fraction of sp³-hybridized carbons (Fsp3) is 0.533. The van der Waals surface area contributed by atoms with Gasteiger partial charge in [-0.25, -0.2) is 0 Å². The fourth-order valence-corrected chi connectivity index (χ4v) is 2.27. The molecule has 1 aliphatic rings. The maximum Gasteiger partial charge on any atom is 0.251 e. The monoisotopic (exact) mass is 262 g/mol. The third-order valence-corrected chi connectivity index (χ3v) is 3.47. The maximum atomic E-state index is 12.3. The van der Waals surface area contributed by atoms with E-state index in [9.17, 15) is 4.79 Å². The van der Waals surface area contributed by atoms with Crippen LogP contribution in [0.4, 0.5) is 0 Å². The van der Waals surface area contributed by atoms with Crippen LogP contribution in [0.15, 0.2) is 30.3 Å². The van der Waals surface area contributed by atoms with E-state index in [2.05, 4.69) is 12.2 Å². The van der Waals surface area contributed by atoms with Crippen molar-refractivity contribution in [1.82, 2.24) is 10.2 Å². The van der Waals surface area contributed by atoms with Gasteiger partial charge in [0.05, 0.1) is 6.61 Å². The van der Waals surface area contributed by atoms with Crippen LogP contribution in [0.2, 0.25) is 0 Å². The second-order valence-electron chi connectivity index (χ2n) is 5.02. The van der Waals surface area contributed by atoms with Crippen molar-refractivity contribution in [2.24, 2.45) is 0 Å². The van der Waals surface area contributed by atoms with Gasteiger partial charge in [-0.3, -0.25) is 4.79 Å². The first-order valence-corrected chi connectivity index (χ1v) is 6.85. The number of nitrogens with one attached hydrogen (secondary N) is 1. The van der Waals surface area contributed by atoms with Crippen molar-refractivity contribution in [1.29, 1.82) is 0 Å². The molecule has 4 nitrogen and oxygen atoms in total. The molecule has 1 fully saturated rings. The number of nitrogens with zero attached hydrogens (tertiary/aromatic N) is 1. The summed E-state index contributed by atoms with van der Waals surface area (Å²) in [7, 11) is 0. The molecule has 2 atom stereocenters. The molecule has 1 aromatic rings. The lowest BCUT2D eigenvalue weighted by molar-refractivity contribution is -0.146. The van der Waals surface area contributed by atoms with Crippen LogP contribution >= 0.6 is 0 Å².